The van der Waals surface area contributed by atoms with Gasteiger partial charge in [-0.05, 0) is 54.4 Å². The van der Waals surface area contributed by atoms with Gasteiger partial charge in [0.2, 0.25) is 0 Å². The van der Waals surface area contributed by atoms with Crippen LogP contribution >= 0.6 is 11.3 Å². The molecule has 0 fully saturated rings. The molecule has 6 nitrogen and oxygen atoms in total. The van der Waals surface area contributed by atoms with E-state index in [9.17, 15) is 9.90 Å². The number of para-hydroxylation sites is 1. The highest BCUT2D eigenvalue weighted by molar-refractivity contribution is 7.16. The van der Waals surface area contributed by atoms with Gasteiger partial charge in [-0.25, -0.2) is 4.79 Å². The molecular formula is C24H24N2O4S. The Kier molecular flexibility index (Phi) is 6.25. The molecule has 31 heavy (non-hydrogen) atoms. The van der Waals surface area contributed by atoms with Crippen molar-refractivity contribution in [3.05, 3.63) is 76.8 Å². The van der Waals surface area contributed by atoms with E-state index in [0.717, 1.165) is 46.9 Å². The zero-order valence-corrected chi connectivity index (χ0v) is 18.2. The molecule has 2 aromatic carbocycles. The molecule has 0 unspecified atom stereocenters. The molecule has 0 aliphatic carbocycles. The summed E-state index contributed by atoms with van der Waals surface area (Å²) in [4.78, 5) is 11.6. The van der Waals surface area contributed by atoms with Gasteiger partial charge >= 0.3 is 5.97 Å². The van der Waals surface area contributed by atoms with E-state index in [1.807, 2.05) is 36.4 Å². The average molecular weight is 437 g/mol. The number of carboxylic acids is 1. The number of rotatable bonds is 9. The van der Waals surface area contributed by atoms with Gasteiger partial charge in [0.15, 0.2) is 11.5 Å². The largest absolute Gasteiger partial charge is 0.493 e. The van der Waals surface area contributed by atoms with E-state index in [0.29, 0.717) is 4.88 Å². The van der Waals surface area contributed by atoms with E-state index in [1.54, 1.807) is 20.3 Å². The predicted octanol–water partition coefficient (Wildman–Crippen LogP) is 4.74. The first kappa shape index (κ1) is 21.0. The van der Waals surface area contributed by atoms with Crippen molar-refractivity contribution in [1.82, 2.24) is 9.88 Å². The van der Waals surface area contributed by atoms with Gasteiger partial charge in [0.05, 0.1) is 19.7 Å². The second-order valence-electron chi connectivity index (χ2n) is 7.10. The third-order valence-electron chi connectivity index (χ3n) is 5.19. The molecule has 0 saturated heterocycles. The summed E-state index contributed by atoms with van der Waals surface area (Å²) in [6, 6.07) is 17.7. The van der Waals surface area contributed by atoms with E-state index < -0.39 is 5.97 Å². The van der Waals surface area contributed by atoms with E-state index in [-0.39, 0.29) is 0 Å². The molecular weight excluding hydrogens is 412 g/mol. The van der Waals surface area contributed by atoms with Crippen molar-refractivity contribution in [2.45, 2.75) is 13.0 Å². The number of benzene rings is 2. The van der Waals surface area contributed by atoms with Crippen molar-refractivity contribution in [2.75, 3.05) is 20.8 Å². The highest BCUT2D eigenvalue weighted by Gasteiger charge is 2.13. The fraction of sp³-hybridized carbons (Fsp3) is 0.208. The zero-order valence-electron chi connectivity index (χ0n) is 17.4. The van der Waals surface area contributed by atoms with Crippen molar-refractivity contribution in [2.24, 2.45) is 0 Å². The summed E-state index contributed by atoms with van der Waals surface area (Å²) in [6.45, 7) is 1.54. The average Bonchev–Trinajstić information content (AvgIpc) is 3.42. The molecule has 0 spiro atoms. The number of nitrogens with zero attached hydrogens (tertiary/aromatic N) is 1. The molecule has 0 radical (unpaired) electrons. The lowest BCUT2D eigenvalue weighted by atomic mass is 10.1. The Hall–Kier alpha value is -3.29. The number of hydrogen-bond acceptors (Lipinski definition) is 5. The van der Waals surface area contributed by atoms with Crippen molar-refractivity contribution in [3.63, 3.8) is 0 Å². The Labute approximate surface area is 184 Å². The number of nitrogens with one attached hydrogen (secondary N) is 1. The molecule has 0 saturated carbocycles. The Morgan fingerprint density at radius 1 is 1.06 bits per heavy atom. The number of methoxy groups -OCH3 is 2. The van der Waals surface area contributed by atoms with Crippen LogP contribution < -0.4 is 14.8 Å². The lowest BCUT2D eigenvalue weighted by Crippen LogP contribution is -2.16. The number of aromatic carboxylic acids is 1. The standard InChI is InChI=1S/C24H24N2O4S/c1-29-20-8-7-16(13-21(20)30-2)11-12-25-14-17-15-26(19-6-4-3-5-18(17)19)23-10-9-22(31-23)24(27)28/h3-10,13,15,25H,11-12,14H2,1-2H3,(H,27,28). The van der Waals surface area contributed by atoms with E-state index in [2.05, 4.69) is 28.2 Å². The predicted molar refractivity (Wildman–Crippen MR) is 123 cm³/mol. The minimum atomic E-state index is -0.898. The third kappa shape index (κ3) is 4.42. The highest BCUT2D eigenvalue weighted by atomic mass is 32.1. The maximum absolute atomic E-state index is 11.3. The first-order chi connectivity index (χ1) is 15.1. The molecule has 0 aliphatic rings. The second kappa shape index (κ2) is 9.24. The molecule has 4 rings (SSSR count). The van der Waals surface area contributed by atoms with Gasteiger partial charge in [0.25, 0.3) is 0 Å². The number of aromatic nitrogens is 1. The van der Waals surface area contributed by atoms with Gasteiger partial charge in [0.1, 0.15) is 9.88 Å². The third-order valence-corrected chi connectivity index (χ3v) is 6.26. The topological polar surface area (TPSA) is 72.7 Å². The first-order valence-electron chi connectivity index (χ1n) is 9.95. The molecule has 160 valence electrons. The zero-order chi connectivity index (χ0) is 21.8. The van der Waals surface area contributed by atoms with Crippen molar-refractivity contribution in [1.29, 1.82) is 0 Å². The number of fused-ring (bicyclic) bond motifs is 1. The normalized spacial score (nSPS) is 11.0. The van der Waals surface area contributed by atoms with Gasteiger partial charge in [-0.15, -0.1) is 11.3 Å². The summed E-state index contributed by atoms with van der Waals surface area (Å²) in [6.07, 6.45) is 2.96. The SMILES string of the molecule is COc1ccc(CCNCc2cn(-c3ccc(C(=O)O)s3)c3ccccc23)cc1OC. The van der Waals surface area contributed by atoms with Crippen LogP contribution in [0.1, 0.15) is 20.8 Å². The van der Waals surface area contributed by atoms with Gasteiger partial charge in [-0.2, -0.15) is 0 Å². The van der Waals surface area contributed by atoms with Crippen LogP contribution in [0.5, 0.6) is 11.5 Å². The lowest BCUT2D eigenvalue weighted by molar-refractivity contribution is 0.0702. The van der Waals surface area contributed by atoms with Crippen LogP contribution in [-0.2, 0) is 13.0 Å². The maximum atomic E-state index is 11.3. The Morgan fingerprint density at radius 2 is 1.87 bits per heavy atom. The summed E-state index contributed by atoms with van der Waals surface area (Å²) in [5, 5.41) is 14.8. The molecule has 2 N–H and O–H groups in total. The summed E-state index contributed by atoms with van der Waals surface area (Å²) >= 11 is 1.28. The number of thiophene rings is 1. The molecule has 7 heteroatoms. The molecule has 4 aromatic rings. The van der Waals surface area contributed by atoms with Crippen LogP contribution in [0.2, 0.25) is 0 Å². The number of hydrogen-bond donors (Lipinski definition) is 2. The minimum absolute atomic E-state index is 0.336. The van der Waals surface area contributed by atoms with Crippen LogP contribution in [0, 0.1) is 0 Å². The number of ether oxygens (including phenoxy) is 2. The summed E-state index contributed by atoms with van der Waals surface area (Å²) in [5.74, 6) is 0.566. The maximum Gasteiger partial charge on any atom is 0.345 e. The van der Waals surface area contributed by atoms with E-state index in [4.69, 9.17) is 9.47 Å². The Balaban J connectivity index is 1.47. The van der Waals surface area contributed by atoms with Gasteiger partial charge in [-0.1, -0.05) is 24.3 Å². The smallest absolute Gasteiger partial charge is 0.345 e. The fourth-order valence-corrected chi connectivity index (χ4v) is 4.47. The molecule has 0 aliphatic heterocycles. The summed E-state index contributed by atoms with van der Waals surface area (Å²) < 4.78 is 12.7. The lowest BCUT2D eigenvalue weighted by Gasteiger charge is -2.10. The first-order valence-corrected chi connectivity index (χ1v) is 10.8. The van der Waals surface area contributed by atoms with Gasteiger partial charge < -0.3 is 24.5 Å². The van der Waals surface area contributed by atoms with Crippen LogP contribution in [-0.4, -0.2) is 36.4 Å². The van der Waals surface area contributed by atoms with Crippen molar-refractivity contribution >= 4 is 28.2 Å². The minimum Gasteiger partial charge on any atom is -0.493 e. The summed E-state index contributed by atoms with van der Waals surface area (Å²) in [7, 11) is 3.27. The van der Waals surface area contributed by atoms with Crippen molar-refractivity contribution < 1.29 is 19.4 Å². The monoisotopic (exact) mass is 436 g/mol. The quantitative estimate of drug-likeness (QED) is 0.371. The van der Waals surface area contributed by atoms with Crippen LogP contribution in [0.4, 0.5) is 0 Å². The van der Waals surface area contributed by atoms with Gasteiger partial charge in [0, 0.05) is 18.1 Å². The fourth-order valence-electron chi connectivity index (χ4n) is 3.64. The molecule has 0 atom stereocenters. The number of carbonyl (C=O) groups is 1. The van der Waals surface area contributed by atoms with Crippen LogP contribution in [0.15, 0.2) is 60.8 Å². The van der Waals surface area contributed by atoms with Crippen molar-refractivity contribution in [3.8, 4) is 16.5 Å². The highest BCUT2D eigenvalue weighted by Crippen LogP contribution is 2.29. The summed E-state index contributed by atoms with van der Waals surface area (Å²) in [5.41, 5.74) is 3.42. The second-order valence-corrected chi connectivity index (χ2v) is 8.16. The molecule has 2 heterocycles. The van der Waals surface area contributed by atoms with Crippen LogP contribution in [0.3, 0.4) is 0 Å². The van der Waals surface area contributed by atoms with Crippen LogP contribution in [0.25, 0.3) is 15.9 Å². The number of carboxylic acid groups (broad SMARTS) is 1. The molecule has 0 amide bonds. The Morgan fingerprint density at radius 3 is 2.61 bits per heavy atom. The van der Waals surface area contributed by atoms with Gasteiger partial charge in [-0.3, -0.25) is 0 Å². The molecule has 0 bridgehead atoms. The van der Waals surface area contributed by atoms with E-state index in [1.165, 1.54) is 22.5 Å². The Bertz CT molecular complexity index is 1210. The van der Waals surface area contributed by atoms with E-state index >= 15 is 0 Å². The molecule has 2 aromatic heterocycles.